The molecule has 0 bridgehead atoms. The molecule has 2 rings (SSSR count). The van der Waals surface area contributed by atoms with Gasteiger partial charge in [-0.15, -0.1) is 0 Å². The smallest absolute Gasteiger partial charge is 0.340 e. The number of methoxy groups -OCH3 is 1. The molecule has 0 radical (unpaired) electrons. The predicted molar refractivity (Wildman–Crippen MR) is 89.2 cm³/mol. The summed E-state index contributed by atoms with van der Waals surface area (Å²) >= 11 is 0. The predicted octanol–water partition coefficient (Wildman–Crippen LogP) is 3.98. The average Bonchev–Trinajstić information content (AvgIpc) is 2.54. The maximum absolute atomic E-state index is 12.3. The Hall–Kier alpha value is -2.67. The molecule has 2 aromatic rings. The number of rotatable bonds is 4. The van der Waals surface area contributed by atoms with Crippen LogP contribution in [0.25, 0.3) is 11.1 Å². The Balaban J connectivity index is 2.85. The van der Waals surface area contributed by atoms with Crippen LogP contribution in [-0.2, 0) is 11.2 Å². The van der Waals surface area contributed by atoms with Gasteiger partial charge in [0.1, 0.15) is 6.07 Å². The highest BCUT2D eigenvalue weighted by Crippen LogP contribution is 2.32. The molecule has 0 unspecified atom stereocenters. The molecule has 4 heteroatoms. The molecule has 0 aliphatic carbocycles. The lowest BCUT2D eigenvalue weighted by molar-refractivity contribution is 0.0600. The average molecular weight is 308 g/mol. The van der Waals surface area contributed by atoms with E-state index in [9.17, 15) is 10.1 Å². The van der Waals surface area contributed by atoms with Crippen LogP contribution in [0.4, 0.5) is 0 Å². The lowest BCUT2D eigenvalue weighted by Crippen LogP contribution is -2.12. The number of hydrogen-bond acceptors (Lipinski definition) is 4. The number of hydrogen-bond donors (Lipinski definition) is 0. The summed E-state index contributed by atoms with van der Waals surface area (Å²) in [6.07, 6.45) is 1.58. The zero-order valence-corrected chi connectivity index (χ0v) is 13.9. The third-order valence-electron chi connectivity index (χ3n) is 3.78. The lowest BCUT2D eigenvalue weighted by atomic mass is 9.91. The van der Waals surface area contributed by atoms with Gasteiger partial charge in [0.25, 0.3) is 0 Å². The minimum atomic E-state index is -0.467. The third kappa shape index (κ3) is 3.24. The Morgan fingerprint density at radius 1 is 1.26 bits per heavy atom. The first-order valence-electron chi connectivity index (χ1n) is 7.62. The van der Waals surface area contributed by atoms with Crippen molar-refractivity contribution in [3.63, 3.8) is 0 Å². The highest BCUT2D eigenvalue weighted by molar-refractivity contribution is 6.00. The maximum Gasteiger partial charge on any atom is 0.340 e. The molecule has 0 saturated heterocycles. The van der Waals surface area contributed by atoms with E-state index in [1.165, 1.54) is 7.11 Å². The monoisotopic (exact) mass is 308 g/mol. The first kappa shape index (κ1) is 16.7. The van der Waals surface area contributed by atoms with Crippen molar-refractivity contribution in [2.75, 3.05) is 7.11 Å². The van der Waals surface area contributed by atoms with E-state index < -0.39 is 5.97 Å². The Morgan fingerprint density at radius 2 is 1.91 bits per heavy atom. The number of pyridine rings is 1. The summed E-state index contributed by atoms with van der Waals surface area (Å²) in [7, 11) is 1.34. The summed E-state index contributed by atoms with van der Waals surface area (Å²) in [5, 5.41) is 9.67. The van der Waals surface area contributed by atoms with Crippen LogP contribution in [0, 0.1) is 25.2 Å². The van der Waals surface area contributed by atoms with Crippen molar-refractivity contribution in [3.05, 3.63) is 52.3 Å². The molecule has 0 atom stereocenters. The molecule has 1 aromatic carbocycles. The second kappa shape index (κ2) is 7.06. The first-order chi connectivity index (χ1) is 11.0. The molecular weight excluding hydrogens is 288 g/mol. The molecule has 0 spiro atoms. The standard InChI is InChI=1S/C19H20N2O2/c1-5-6-16-15(11-20)18(14-9-7-12(2)8-10-14)17(13(3)21-16)19(22)23-4/h7-10H,5-6H2,1-4H3. The highest BCUT2D eigenvalue weighted by atomic mass is 16.5. The molecule has 23 heavy (non-hydrogen) atoms. The van der Waals surface area contributed by atoms with E-state index in [0.717, 1.165) is 23.2 Å². The number of benzene rings is 1. The van der Waals surface area contributed by atoms with Crippen molar-refractivity contribution >= 4 is 5.97 Å². The fraction of sp³-hybridized carbons (Fsp3) is 0.316. The molecule has 1 aromatic heterocycles. The maximum atomic E-state index is 12.3. The van der Waals surface area contributed by atoms with Crippen LogP contribution in [0.2, 0.25) is 0 Å². The van der Waals surface area contributed by atoms with Gasteiger partial charge in [0, 0.05) is 5.56 Å². The fourth-order valence-electron chi connectivity index (χ4n) is 2.66. The Kier molecular flexibility index (Phi) is 5.13. The molecule has 1 heterocycles. The van der Waals surface area contributed by atoms with Crippen LogP contribution in [-0.4, -0.2) is 18.1 Å². The van der Waals surface area contributed by atoms with Gasteiger partial charge in [0.05, 0.1) is 29.6 Å². The van der Waals surface area contributed by atoms with Gasteiger partial charge in [0.2, 0.25) is 0 Å². The normalized spacial score (nSPS) is 10.2. The van der Waals surface area contributed by atoms with Crippen LogP contribution in [0.1, 0.15) is 46.2 Å². The van der Waals surface area contributed by atoms with Gasteiger partial charge in [-0.05, 0) is 25.8 Å². The molecule has 0 aliphatic rings. The third-order valence-corrected chi connectivity index (χ3v) is 3.78. The number of esters is 1. The lowest BCUT2D eigenvalue weighted by Gasteiger charge is -2.16. The second-order valence-electron chi connectivity index (χ2n) is 5.49. The Labute approximate surface area is 136 Å². The number of ether oxygens (including phenoxy) is 1. The van der Waals surface area contributed by atoms with Gasteiger partial charge in [0.15, 0.2) is 0 Å². The zero-order valence-electron chi connectivity index (χ0n) is 13.9. The topological polar surface area (TPSA) is 63.0 Å². The molecule has 0 N–H and O–H groups in total. The van der Waals surface area contributed by atoms with Crippen molar-refractivity contribution < 1.29 is 9.53 Å². The van der Waals surface area contributed by atoms with Gasteiger partial charge in [-0.3, -0.25) is 4.98 Å². The number of carbonyl (C=O) groups is 1. The van der Waals surface area contributed by atoms with E-state index in [0.29, 0.717) is 28.8 Å². The quantitative estimate of drug-likeness (QED) is 0.802. The SMILES string of the molecule is CCCc1nc(C)c(C(=O)OC)c(-c2ccc(C)cc2)c1C#N. The van der Waals surface area contributed by atoms with Crippen molar-refractivity contribution in [2.24, 2.45) is 0 Å². The van der Waals surface area contributed by atoms with E-state index >= 15 is 0 Å². The van der Waals surface area contributed by atoms with Crippen LogP contribution < -0.4 is 0 Å². The van der Waals surface area contributed by atoms with Gasteiger partial charge in [-0.25, -0.2) is 4.79 Å². The number of carbonyl (C=O) groups excluding carboxylic acids is 1. The van der Waals surface area contributed by atoms with E-state index in [1.54, 1.807) is 6.92 Å². The minimum Gasteiger partial charge on any atom is -0.465 e. The number of aryl methyl sites for hydroxylation is 3. The van der Waals surface area contributed by atoms with Crippen LogP contribution in [0.3, 0.4) is 0 Å². The van der Waals surface area contributed by atoms with Crippen molar-refractivity contribution in [2.45, 2.75) is 33.6 Å². The Bertz CT molecular complexity index is 771. The summed E-state index contributed by atoms with van der Waals surface area (Å²) in [4.78, 5) is 16.7. The molecule has 0 fully saturated rings. The van der Waals surface area contributed by atoms with Crippen molar-refractivity contribution in [1.29, 1.82) is 5.26 Å². The fourth-order valence-corrected chi connectivity index (χ4v) is 2.66. The summed E-state index contributed by atoms with van der Waals surface area (Å²) < 4.78 is 4.91. The Morgan fingerprint density at radius 3 is 2.43 bits per heavy atom. The number of nitrogens with zero attached hydrogens (tertiary/aromatic N) is 2. The summed E-state index contributed by atoms with van der Waals surface area (Å²) in [5.74, 6) is -0.467. The molecule has 0 aliphatic heterocycles. The van der Waals surface area contributed by atoms with E-state index in [4.69, 9.17) is 4.74 Å². The molecule has 118 valence electrons. The van der Waals surface area contributed by atoms with Gasteiger partial charge >= 0.3 is 5.97 Å². The van der Waals surface area contributed by atoms with E-state index in [2.05, 4.69) is 11.1 Å². The highest BCUT2D eigenvalue weighted by Gasteiger charge is 2.24. The summed E-state index contributed by atoms with van der Waals surface area (Å²) in [5.41, 5.74) is 4.72. The summed E-state index contributed by atoms with van der Waals surface area (Å²) in [6.45, 7) is 5.82. The number of nitriles is 1. The van der Waals surface area contributed by atoms with Crippen molar-refractivity contribution in [1.82, 2.24) is 4.98 Å². The second-order valence-corrected chi connectivity index (χ2v) is 5.49. The van der Waals surface area contributed by atoms with E-state index in [-0.39, 0.29) is 0 Å². The van der Waals surface area contributed by atoms with Crippen LogP contribution in [0.5, 0.6) is 0 Å². The van der Waals surface area contributed by atoms with Crippen molar-refractivity contribution in [3.8, 4) is 17.2 Å². The molecule has 0 amide bonds. The van der Waals surface area contributed by atoms with Gasteiger partial charge < -0.3 is 4.74 Å². The summed E-state index contributed by atoms with van der Waals surface area (Å²) in [6, 6.07) is 10.0. The zero-order chi connectivity index (χ0) is 17.0. The molecule has 0 saturated carbocycles. The largest absolute Gasteiger partial charge is 0.465 e. The minimum absolute atomic E-state index is 0.368. The number of aromatic nitrogens is 1. The van der Waals surface area contributed by atoms with Crippen LogP contribution in [0.15, 0.2) is 24.3 Å². The molecule has 4 nitrogen and oxygen atoms in total. The van der Waals surface area contributed by atoms with E-state index in [1.807, 2.05) is 38.1 Å². The molecular formula is C19H20N2O2. The van der Waals surface area contributed by atoms with Gasteiger partial charge in [-0.1, -0.05) is 43.2 Å². The van der Waals surface area contributed by atoms with Crippen LogP contribution >= 0.6 is 0 Å². The first-order valence-corrected chi connectivity index (χ1v) is 7.62. The van der Waals surface area contributed by atoms with Gasteiger partial charge in [-0.2, -0.15) is 5.26 Å².